The number of nitrogens with zero attached hydrogens (tertiary/aromatic N) is 3. The minimum atomic E-state index is -0.0717. The molecule has 0 aromatic heterocycles. The predicted octanol–water partition coefficient (Wildman–Crippen LogP) is 1.00. The Morgan fingerprint density at radius 3 is 3.06 bits per heavy atom. The quantitative estimate of drug-likeness (QED) is 0.712. The van der Waals surface area contributed by atoms with Crippen molar-refractivity contribution in [2.45, 2.75) is 0 Å². The van der Waals surface area contributed by atoms with Crippen molar-refractivity contribution in [2.24, 2.45) is 0 Å². The van der Waals surface area contributed by atoms with Crippen molar-refractivity contribution in [3.8, 4) is 11.8 Å². The lowest BCUT2D eigenvalue weighted by molar-refractivity contribution is -0.120. The van der Waals surface area contributed by atoms with E-state index >= 15 is 0 Å². The molecule has 0 fully saturated rings. The fraction of sp³-hybridized carbons (Fsp3) is 0.333. The van der Waals surface area contributed by atoms with E-state index in [1.165, 1.54) is 0 Å². The zero-order chi connectivity index (χ0) is 12.4. The summed E-state index contributed by atoms with van der Waals surface area (Å²) in [7, 11) is 3.55. The topological polar surface area (TPSA) is 56.6 Å². The first-order valence-corrected chi connectivity index (χ1v) is 5.25. The SMILES string of the molecule is CN(CC#N)c1ccc2c(c1)N(C)C(=O)CO2. The highest BCUT2D eigenvalue weighted by Crippen LogP contribution is 2.34. The van der Waals surface area contributed by atoms with Crippen LogP contribution in [0.2, 0.25) is 0 Å². The summed E-state index contributed by atoms with van der Waals surface area (Å²) in [5, 5.41) is 8.65. The van der Waals surface area contributed by atoms with E-state index in [4.69, 9.17) is 10.00 Å². The van der Waals surface area contributed by atoms with Crippen molar-refractivity contribution >= 4 is 17.3 Å². The molecule has 17 heavy (non-hydrogen) atoms. The molecule has 0 aliphatic carbocycles. The van der Waals surface area contributed by atoms with Gasteiger partial charge in [-0.15, -0.1) is 0 Å². The van der Waals surface area contributed by atoms with E-state index < -0.39 is 0 Å². The number of fused-ring (bicyclic) bond motifs is 1. The molecule has 0 saturated heterocycles. The fourth-order valence-corrected chi connectivity index (χ4v) is 1.70. The van der Waals surface area contributed by atoms with E-state index in [0.717, 1.165) is 11.4 Å². The molecule has 0 saturated carbocycles. The molecule has 1 aromatic rings. The average Bonchev–Trinajstić information content (AvgIpc) is 2.34. The minimum absolute atomic E-state index is 0.0717. The van der Waals surface area contributed by atoms with Crippen molar-refractivity contribution < 1.29 is 9.53 Å². The smallest absolute Gasteiger partial charge is 0.264 e. The first kappa shape index (κ1) is 11.3. The number of ether oxygens (including phenoxy) is 1. The molecule has 0 atom stereocenters. The molecule has 0 unspecified atom stereocenters. The molecule has 1 amide bonds. The Hall–Kier alpha value is -2.22. The molecule has 0 radical (unpaired) electrons. The van der Waals surface area contributed by atoms with Crippen LogP contribution in [-0.4, -0.2) is 33.2 Å². The van der Waals surface area contributed by atoms with E-state index in [9.17, 15) is 4.79 Å². The fourth-order valence-electron chi connectivity index (χ4n) is 1.70. The summed E-state index contributed by atoms with van der Waals surface area (Å²) in [6.07, 6.45) is 0. The third-order valence-corrected chi connectivity index (χ3v) is 2.78. The molecule has 1 aliphatic rings. The second-order valence-corrected chi connectivity index (χ2v) is 3.91. The number of amides is 1. The van der Waals surface area contributed by atoms with Gasteiger partial charge in [0.1, 0.15) is 12.3 Å². The molecular weight excluding hydrogens is 218 g/mol. The van der Waals surface area contributed by atoms with E-state index in [1.807, 2.05) is 30.1 Å². The molecule has 88 valence electrons. The third kappa shape index (κ3) is 2.02. The monoisotopic (exact) mass is 231 g/mol. The molecule has 1 aliphatic heterocycles. The van der Waals surface area contributed by atoms with E-state index in [-0.39, 0.29) is 12.5 Å². The van der Waals surface area contributed by atoms with E-state index in [1.54, 1.807) is 11.9 Å². The van der Waals surface area contributed by atoms with Gasteiger partial charge < -0.3 is 14.5 Å². The van der Waals surface area contributed by atoms with E-state index in [2.05, 4.69) is 6.07 Å². The van der Waals surface area contributed by atoms with Gasteiger partial charge in [-0.05, 0) is 18.2 Å². The summed E-state index contributed by atoms with van der Waals surface area (Å²) >= 11 is 0. The van der Waals surface area contributed by atoms with Gasteiger partial charge in [-0.25, -0.2) is 0 Å². The molecule has 0 N–H and O–H groups in total. The maximum Gasteiger partial charge on any atom is 0.264 e. The first-order chi connectivity index (χ1) is 8.13. The Labute approximate surface area is 99.8 Å². The lowest BCUT2D eigenvalue weighted by atomic mass is 10.2. The summed E-state index contributed by atoms with van der Waals surface area (Å²) in [6, 6.07) is 7.63. The lowest BCUT2D eigenvalue weighted by Gasteiger charge is -2.27. The largest absolute Gasteiger partial charge is 0.482 e. The maximum atomic E-state index is 11.5. The van der Waals surface area contributed by atoms with Crippen molar-refractivity contribution in [1.29, 1.82) is 5.26 Å². The van der Waals surface area contributed by atoms with E-state index in [0.29, 0.717) is 12.3 Å². The van der Waals surface area contributed by atoms with Crippen LogP contribution in [0.3, 0.4) is 0 Å². The van der Waals surface area contributed by atoms with Gasteiger partial charge in [-0.1, -0.05) is 0 Å². The highest BCUT2D eigenvalue weighted by Gasteiger charge is 2.22. The summed E-state index contributed by atoms with van der Waals surface area (Å²) in [6.45, 7) is 0.383. The van der Waals surface area contributed by atoms with Crippen LogP contribution < -0.4 is 14.5 Å². The molecule has 1 heterocycles. The number of carbonyl (C=O) groups is 1. The first-order valence-electron chi connectivity index (χ1n) is 5.25. The van der Waals surface area contributed by atoms with Crippen molar-refractivity contribution in [3.05, 3.63) is 18.2 Å². The van der Waals surface area contributed by atoms with Crippen LogP contribution in [-0.2, 0) is 4.79 Å². The zero-order valence-corrected chi connectivity index (χ0v) is 9.80. The standard InChI is InChI=1S/C12H13N3O2/c1-14(6-5-13)9-3-4-11-10(7-9)15(2)12(16)8-17-11/h3-4,7H,6,8H2,1-2H3. The van der Waals surface area contributed by atoms with Crippen LogP contribution in [0.15, 0.2) is 18.2 Å². The lowest BCUT2D eigenvalue weighted by Crippen LogP contribution is -2.35. The van der Waals surface area contributed by atoms with Crippen LogP contribution >= 0.6 is 0 Å². The Balaban J connectivity index is 2.36. The highest BCUT2D eigenvalue weighted by molar-refractivity contribution is 5.97. The second-order valence-electron chi connectivity index (χ2n) is 3.91. The number of likely N-dealkylation sites (N-methyl/N-ethyl adjacent to an activating group) is 1. The number of hydrogen-bond donors (Lipinski definition) is 0. The summed E-state index contributed by atoms with van der Waals surface area (Å²) in [5.41, 5.74) is 1.62. The number of benzene rings is 1. The summed E-state index contributed by atoms with van der Waals surface area (Å²) in [5.74, 6) is 0.624. The number of hydrogen-bond acceptors (Lipinski definition) is 4. The molecule has 0 bridgehead atoms. The van der Waals surface area contributed by atoms with Gasteiger partial charge in [0.15, 0.2) is 6.61 Å². The van der Waals surface area contributed by atoms with Crippen LogP contribution in [0, 0.1) is 11.3 Å². The molecule has 1 aromatic carbocycles. The van der Waals surface area contributed by atoms with Gasteiger partial charge in [0, 0.05) is 19.8 Å². The Morgan fingerprint density at radius 1 is 1.59 bits per heavy atom. The minimum Gasteiger partial charge on any atom is -0.482 e. The van der Waals surface area contributed by atoms with Crippen molar-refractivity contribution in [3.63, 3.8) is 0 Å². The van der Waals surface area contributed by atoms with Gasteiger partial charge in [0.25, 0.3) is 5.91 Å². The Kier molecular flexibility index (Phi) is 2.88. The molecular formula is C12H13N3O2. The van der Waals surface area contributed by atoms with Crippen LogP contribution in [0.4, 0.5) is 11.4 Å². The normalized spacial score (nSPS) is 13.7. The molecule has 0 spiro atoms. The predicted molar refractivity (Wildman–Crippen MR) is 64.2 cm³/mol. The van der Waals surface area contributed by atoms with Crippen LogP contribution in [0.1, 0.15) is 0 Å². The van der Waals surface area contributed by atoms with Gasteiger partial charge in [-0.3, -0.25) is 4.79 Å². The summed E-state index contributed by atoms with van der Waals surface area (Å²) in [4.78, 5) is 14.9. The van der Waals surface area contributed by atoms with Crippen LogP contribution in [0.25, 0.3) is 0 Å². The zero-order valence-electron chi connectivity index (χ0n) is 9.80. The molecule has 2 rings (SSSR count). The average molecular weight is 231 g/mol. The van der Waals surface area contributed by atoms with Crippen molar-refractivity contribution in [2.75, 3.05) is 37.0 Å². The summed E-state index contributed by atoms with van der Waals surface area (Å²) < 4.78 is 5.33. The number of carbonyl (C=O) groups excluding carboxylic acids is 1. The van der Waals surface area contributed by atoms with Crippen LogP contribution in [0.5, 0.6) is 5.75 Å². The van der Waals surface area contributed by atoms with Gasteiger partial charge in [-0.2, -0.15) is 5.26 Å². The highest BCUT2D eigenvalue weighted by atomic mass is 16.5. The Morgan fingerprint density at radius 2 is 2.35 bits per heavy atom. The molecule has 5 heteroatoms. The third-order valence-electron chi connectivity index (χ3n) is 2.78. The number of anilines is 2. The van der Waals surface area contributed by atoms with Gasteiger partial charge in [0.05, 0.1) is 11.8 Å². The van der Waals surface area contributed by atoms with Gasteiger partial charge in [0.2, 0.25) is 0 Å². The van der Waals surface area contributed by atoms with Gasteiger partial charge >= 0.3 is 0 Å². The second kappa shape index (κ2) is 4.34. The number of nitriles is 1. The van der Waals surface area contributed by atoms with Crippen molar-refractivity contribution in [1.82, 2.24) is 0 Å². The number of rotatable bonds is 2. The Bertz CT molecular complexity index is 493. The maximum absolute atomic E-state index is 11.5. The molecule has 5 nitrogen and oxygen atoms in total.